The van der Waals surface area contributed by atoms with Crippen molar-refractivity contribution in [2.45, 2.75) is 20.0 Å². The van der Waals surface area contributed by atoms with Crippen molar-refractivity contribution in [3.63, 3.8) is 0 Å². The lowest BCUT2D eigenvalue weighted by atomic mass is 9.85. The highest BCUT2D eigenvalue weighted by atomic mass is 16.5. The fraction of sp³-hybridized carbons (Fsp3) is 0.364. The molecular weight excluding hydrogens is 224 g/mol. The van der Waals surface area contributed by atoms with E-state index in [2.05, 4.69) is 10.3 Å². The molecule has 0 spiro atoms. The first kappa shape index (κ1) is 11.4. The van der Waals surface area contributed by atoms with Crippen molar-refractivity contribution in [1.29, 1.82) is 0 Å². The molecule has 0 aromatic carbocycles. The lowest BCUT2D eigenvalue weighted by Crippen LogP contribution is -2.50. The van der Waals surface area contributed by atoms with Crippen molar-refractivity contribution in [1.82, 2.24) is 4.98 Å². The molecule has 1 aliphatic rings. The van der Waals surface area contributed by atoms with E-state index in [1.165, 1.54) is 20.0 Å². The van der Waals surface area contributed by atoms with E-state index in [0.29, 0.717) is 11.6 Å². The summed E-state index contributed by atoms with van der Waals surface area (Å²) in [4.78, 5) is 26.8. The van der Waals surface area contributed by atoms with Gasteiger partial charge in [-0.2, -0.15) is 0 Å². The number of nitrogens with one attached hydrogen (secondary N) is 1. The molecule has 2 heterocycles. The fourth-order valence-corrected chi connectivity index (χ4v) is 1.53. The molecule has 1 aromatic rings. The zero-order valence-electron chi connectivity index (χ0n) is 9.43. The van der Waals surface area contributed by atoms with Gasteiger partial charge in [0.05, 0.1) is 0 Å². The fourth-order valence-electron chi connectivity index (χ4n) is 1.53. The van der Waals surface area contributed by atoms with E-state index in [1.807, 2.05) is 0 Å². The maximum absolute atomic E-state index is 11.8. The number of aromatic nitrogens is 1. The molecule has 0 saturated heterocycles. The number of aliphatic carboxylic acids is 1. The molecule has 1 amide bonds. The first-order valence-electron chi connectivity index (χ1n) is 5.09. The van der Waals surface area contributed by atoms with Gasteiger partial charge in [-0.1, -0.05) is 0 Å². The van der Waals surface area contributed by atoms with Crippen molar-refractivity contribution in [2.75, 3.05) is 5.32 Å². The highest BCUT2D eigenvalue weighted by molar-refractivity contribution is 6.00. The molecule has 0 radical (unpaired) electrons. The van der Waals surface area contributed by atoms with Crippen molar-refractivity contribution >= 4 is 17.7 Å². The number of rotatable bonds is 2. The van der Waals surface area contributed by atoms with Gasteiger partial charge in [0.2, 0.25) is 0 Å². The SMILES string of the molecule is CC(C)(C(=O)O)C1Oc2cccnc2NC1=O. The zero-order valence-corrected chi connectivity index (χ0v) is 9.43. The van der Waals surface area contributed by atoms with E-state index in [0.717, 1.165) is 0 Å². The number of nitrogens with zero attached hydrogens (tertiary/aromatic N) is 1. The van der Waals surface area contributed by atoms with Crippen LogP contribution >= 0.6 is 0 Å². The van der Waals surface area contributed by atoms with Gasteiger partial charge in [0, 0.05) is 6.20 Å². The van der Waals surface area contributed by atoms with E-state index in [4.69, 9.17) is 9.84 Å². The Kier molecular flexibility index (Phi) is 2.49. The molecule has 2 N–H and O–H groups in total. The number of anilines is 1. The number of carbonyl (C=O) groups is 2. The maximum Gasteiger partial charge on any atom is 0.313 e. The number of hydrogen-bond donors (Lipinski definition) is 2. The first-order chi connectivity index (χ1) is 7.93. The summed E-state index contributed by atoms with van der Waals surface area (Å²) in [7, 11) is 0. The molecular formula is C11H12N2O4. The number of ether oxygens (including phenoxy) is 1. The molecule has 1 atom stereocenters. The number of carboxylic acids is 1. The van der Waals surface area contributed by atoms with Crippen LogP contribution < -0.4 is 10.1 Å². The Labute approximate surface area is 97.6 Å². The van der Waals surface area contributed by atoms with Crippen molar-refractivity contribution in [3.05, 3.63) is 18.3 Å². The standard InChI is InChI=1S/C11H12N2O4/c1-11(2,10(15)16)7-9(14)13-8-6(17-7)4-3-5-12-8/h3-5,7H,1-2H3,(H,15,16)(H,12,13,14). The summed E-state index contributed by atoms with van der Waals surface area (Å²) in [6.45, 7) is 2.89. The van der Waals surface area contributed by atoms with Gasteiger partial charge in [0.15, 0.2) is 17.7 Å². The first-order valence-corrected chi connectivity index (χ1v) is 5.09. The number of pyridine rings is 1. The number of carbonyl (C=O) groups excluding carboxylic acids is 1. The molecule has 17 heavy (non-hydrogen) atoms. The second kappa shape index (κ2) is 3.73. The van der Waals surface area contributed by atoms with Gasteiger partial charge in [-0.05, 0) is 26.0 Å². The molecule has 0 fully saturated rings. The Bertz CT molecular complexity index is 484. The quantitative estimate of drug-likeness (QED) is 0.796. The van der Waals surface area contributed by atoms with Crippen molar-refractivity contribution in [3.8, 4) is 5.75 Å². The highest BCUT2D eigenvalue weighted by Crippen LogP contribution is 2.33. The van der Waals surface area contributed by atoms with E-state index in [1.54, 1.807) is 12.1 Å². The Morgan fingerprint density at radius 2 is 2.29 bits per heavy atom. The monoisotopic (exact) mass is 236 g/mol. The van der Waals surface area contributed by atoms with Crippen LogP contribution in [0.25, 0.3) is 0 Å². The predicted molar refractivity (Wildman–Crippen MR) is 58.7 cm³/mol. The number of carboxylic acid groups (broad SMARTS) is 1. The molecule has 6 nitrogen and oxygen atoms in total. The summed E-state index contributed by atoms with van der Waals surface area (Å²) in [5.74, 6) is -0.894. The van der Waals surface area contributed by atoms with Gasteiger partial charge < -0.3 is 15.2 Å². The summed E-state index contributed by atoms with van der Waals surface area (Å²) < 4.78 is 5.41. The molecule has 90 valence electrons. The average molecular weight is 236 g/mol. The third-order valence-corrected chi connectivity index (χ3v) is 2.70. The Morgan fingerprint density at radius 1 is 1.59 bits per heavy atom. The van der Waals surface area contributed by atoms with Gasteiger partial charge in [-0.3, -0.25) is 9.59 Å². The molecule has 1 aliphatic heterocycles. The molecule has 0 aliphatic carbocycles. The highest BCUT2D eigenvalue weighted by Gasteiger charge is 2.46. The average Bonchev–Trinajstić information content (AvgIpc) is 2.27. The van der Waals surface area contributed by atoms with E-state index >= 15 is 0 Å². The number of amides is 1. The van der Waals surface area contributed by atoms with Crippen LogP contribution in [0.3, 0.4) is 0 Å². The minimum absolute atomic E-state index is 0.315. The lowest BCUT2D eigenvalue weighted by molar-refractivity contribution is -0.156. The summed E-state index contributed by atoms with van der Waals surface area (Å²) in [5, 5.41) is 11.6. The van der Waals surface area contributed by atoms with Crippen LogP contribution in [0.1, 0.15) is 13.8 Å². The molecule has 1 unspecified atom stereocenters. The predicted octanol–water partition coefficient (Wildman–Crippen LogP) is 0.892. The number of fused-ring (bicyclic) bond motifs is 1. The minimum Gasteiger partial charge on any atom is -0.481 e. The van der Waals surface area contributed by atoms with Crippen molar-refractivity contribution in [2.24, 2.45) is 5.41 Å². The third kappa shape index (κ3) is 1.82. The number of hydrogen-bond acceptors (Lipinski definition) is 4. The van der Waals surface area contributed by atoms with Crippen LogP contribution in [0.5, 0.6) is 5.75 Å². The topological polar surface area (TPSA) is 88.5 Å². The van der Waals surface area contributed by atoms with Crippen LogP contribution in [0.2, 0.25) is 0 Å². The van der Waals surface area contributed by atoms with Gasteiger partial charge in [0.25, 0.3) is 5.91 Å². The second-order valence-electron chi connectivity index (χ2n) is 4.36. The largest absolute Gasteiger partial charge is 0.481 e. The van der Waals surface area contributed by atoms with Gasteiger partial charge in [0.1, 0.15) is 5.41 Å². The summed E-state index contributed by atoms with van der Waals surface area (Å²) in [6, 6.07) is 3.29. The van der Waals surface area contributed by atoms with Crippen LogP contribution in [0.4, 0.5) is 5.82 Å². The van der Waals surface area contributed by atoms with Gasteiger partial charge in [-0.15, -0.1) is 0 Å². The molecule has 2 rings (SSSR count). The summed E-state index contributed by atoms with van der Waals surface area (Å²) >= 11 is 0. The van der Waals surface area contributed by atoms with Crippen LogP contribution in [0, 0.1) is 5.41 Å². The molecule has 0 saturated carbocycles. The van der Waals surface area contributed by atoms with Gasteiger partial charge in [-0.25, -0.2) is 4.98 Å². The second-order valence-corrected chi connectivity index (χ2v) is 4.36. The van der Waals surface area contributed by atoms with Crippen LogP contribution in [-0.4, -0.2) is 28.1 Å². The zero-order chi connectivity index (χ0) is 12.6. The summed E-state index contributed by atoms with van der Waals surface area (Å²) in [5.41, 5.74) is -1.31. The summed E-state index contributed by atoms with van der Waals surface area (Å²) in [6.07, 6.45) is 0.446. The van der Waals surface area contributed by atoms with Crippen LogP contribution in [0.15, 0.2) is 18.3 Å². The third-order valence-electron chi connectivity index (χ3n) is 2.70. The van der Waals surface area contributed by atoms with E-state index < -0.39 is 23.4 Å². The Balaban J connectivity index is 2.36. The van der Waals surface area contributed by atoms with Crippen LogP contribution in [-0.2, 0) is 9.59 Å². The van der Waals surface area contributed by atoms with E-state index in [-0.39, 0.29) is 0 Å². The maximum atomic E-state index is 11.8. The van der Waals surface area contributed by atoms with E-state index in [9.17, 15) is 9.59 Å². The molecule has 0 bridgehead atoms. The normalized spacial score (nSPS) is 18.9. The molecule has 6 heteroatoms. The molecule has 1 aromatic heterocycles. The Morgan fingerprint density at radius 3 is 2.94 bits per heavy atom. The minimum atomic E-state index is -1.31. The smallest absolute Gasteiger partial charge is 0.313 e. The lowest BCUT2D eigenvalue weighted by Gasteiger charge is -2.33. The Hall–Kier alpha value is -2.11. The van der Waals surface area contributed by atoms with Gasteiger partial charge >= 0.3 is 5.97 Å². The van der Waals surface area contributed by atoms with Crippen molar-refractivity contribution < 1.29 is 19.4 Å².